The maximum Gasteiger partial charge on any atom is 0.132 e. The first-order valence-corrected chi connectivity index (χ1v) is 4.15. The molecule has 1 N–H and O–H groups in total. The lowest BCUT2D eigenvalue weighted by Gasteiger charge is -2.08. The van der Waals surface area contributed by atoms with Crippen molar-refractivity contribution in [3.05, 3.63) is 35.1 Å². The van der Waals surface area contributed by atoms with Crippen LogP contribution < -0.4 is 0 Å². The van der Waals surface area contributed by atoms with Crippen LogP contribution in [0.25, 0.3) is 0 Å². The van der Waals surface area contributed by atoms with Crippen LogP contribution in [-0.4, -0.2) is 6.21 Å². The minimum atomic E-state index is -0.358. The molecular formula is C9H10FNS. The van der Waals surface area contributed by atoms with Crippen molar-refractivity contribution in [2.75, 3.05) is 0 Å². The highest BCUT2D eigenvalue weighted by Crippen LogP contribution is 2.23. The van der Waals surface area contributed by atoms with Gasteiger partial charge in [0.1, 0.15) is 5.82 Å². The molecule has 0 aliphatic carbocycles. The van der Waals surface area contributed by atoms with E-state index in [0.29, 0.717) is 5.56 Å². The molecule has 0 heterocycles. The highest BCUT2D eigenvalue weighted by molar-refractivity contribution is 7.80. The fourth-order valence-electron chi connectivity index (χ4n) is 1.07. The molecule has 0 spiro atoms. The Bertz CT molecular complexity index is 297. The predicted molar refractivity (Wildman–Crippen MR) is 51.7 cm³/mol. The van der Waals surface area contributed by atoms with Crippen LogP contribution in [0.15, 0.2) is 18.2 Å². The Morgan fingerprint density at radius 2 is 2.25 bits per heavy atom. The average molecular weight is 183 g/mol. The zero-order valence-corrected chi connectivity index (χ0v) is 7.61. The van der Waals surface area contributed by atoms with Gasteiger partial charge in [-0.1, -0.05) is 12.1 Å². The van der Waals surface area contributed by atoms with Crippen LogP contribution in [-0.2, 0) is 0 Å². The normalized spacial score (nSPS) is 12.6. The van der Waals surface area contributed by atoms with Crippen LogP contribution in [0.2, 0.25) is 0 Å². The molecular weight excluding hydrogens is 173 g/mol. The van der Waals surface area contributed by atoms with Crippen LogP contribution in [0.5, 0.6) is 0 Å². The van der Waals surface area contributed by atoms with Crippen molar-refractivity contribution in [2.24, 2.45) is 0 Å². The molecule has 1 atom stereocenters. The summed E-state index contributed by atoms with van der Waals surface area (Å²) in [7, 11) is 0. The summed E-state index contributed by atoms with van der Waals surface area (Å²) in [5.74, 6) is -0.358. The highest BCUT2D eigenvalue weighted by atomic mass is 32.1. The molecule has 0 saturated carbocycles. The molecule has 1 rings (SSSR count). The summed E-state index contributed by atoms with van der Waals surface area (Å²) < 4.78 is 13.0. The van der Waals surface area contributed by atoms with E-state index in [1.54, 1.807) is 12.1 Å². The Balaban J connectivity index is 3.27. The van der Waals surface area contributed by atoms with Crippen LogP contribution >= 0.6 is 12.6 Å². The highest BCUT2D eigenvalue weighted by Gasteiger charge is 2.08. The molecule has 0 bridgehead atoms. The van der Waals surface area contributed by atoms with Crippen molar-refractivity contribution >= 4 is 18.8 Å². The summed E-state index contributed by atoms with van der Waals surface area (Å²) in [5.41, 5.74) is 1.09. The molecule has 3 heteroatoms. The SMILES string of the molecule is CC(S)c1cccc(F)c1C=N. The molecule has 1 unspecified atom stereocenters. The van der Waals surface area contributed by atoms with E-state index in [1.165, 1.54) is 6.07 Å². The lowest BCUT2D eigenvalue weighted by Crippen LogP contribution is -1.96. The maximum absolute atomic E-state index is 13.0. The van der Waals surface area contributed by atoms with Gasteiger partial charge in [-0.2, -0.15) is 12.6 Å². The Labute approximate surface area is 76.5 Å². The molecule has 0 radical (unpaired) electrons. The number of nitrogens with one attached hydrogen (secondary N) is 1. The fourth-order valence-corrected chi connectivity index (χ4v) is 1.30. The molecule has 0 aliphatic rings. The molecule has 1 aromatic carbocycles. The number of thiol groups is 1. The maximum atomic E-state index is 13.0. The minimum absolute atomic E-state index is 0.0442. The number of halogens is 1. The topological polar surface area (TPSA) is 23.9 Å². The summed E-state index contributed by atoms with van der Waals surface area (Å²) in [6.07, 6.45) is 1.03. The Morgan fingerprint density at radius 1 is 1.58 bits per heavy atom. The van der Waals surface area contributed by atoms with Crippen LogP contribution in [0.4, 0.5) is 4.39 Å². The van der Waals surface area contributed by atoms with Gasteiger partial charge in [-0.25, -0.2) is 4.39 Å². The third-order valence-electron chi connectivity index (χ3n) is 1.68. The van der Waals surface area contributed by atoms with Gasteiger partial charge >= 0.3 is 0 Å². The molecule has 1 aromatic rings. The smallest absolute Gasteiger partial charge is 0.132 e. The summed E-state index contributed by atoms with van der Waals surface area (Å²) >= 11 is 4.19. The number of rotatable bonds is 2. The quantitative estimate of drug-likeness (QED) is 0.520. The molecule has 0 aromatic heterocycles. The van der Waals surface area contributed by atoms with Gasteiger partial charge < -0.3 is 5.41 Å². The van der Waals surface area contributed by atoms with Crippen molar-refractivity contribution in [1.82, 2.24) is 0 Å². The predicted octanol–water partition coefficient (Wildman–Crippen LogP) is 2.81. The standard InChI is InChI=1S/C9H10FNS/c1-6(12)7-3-2-4-9(10)8(7)5-11/h2-6,11-12H,1H3. The van der Waals surface area contributed by atoms with Gasteiger partial charge in [0.25, 0.3) is 0 Å². The summed E-state index contributed by atoms with van der Waals surface area (Å²) in [6, 6.07) is 4.76. The molecule has 1 nitrogen and oxygen atoms in total. The van der Waals surface area contributed by atoms with Gasteiger partial charge in [-0.3, -0.25) is 0 Å². The van der Waals surface area contributed by atoms with Gasteiger partial charge in [-0.05, 0) is 18.6 Å². The van der Waals surface area contributed by atoms with Crippen molar-refractivity contribution in [3.8, 4) is 0 Å². The number of hydrogen-bond donors (Lipinski definition) is 2. The summed E-state index contributed by atoms with van der Waals surface area (Å²) in [4.78, 5) is 0. The lowest BCUT2D eigenvalue weighted by atomic mass is 10.1. The first-order chi connectivity index (χ1) is 5.66. The van der Waals surface area contributed by atoms with Gasteiger partial charge in [-0.15, -0.1) is 0 Å². The van der Waals surface area contributed by atoms with Gasteiger partial charge in [0.15, 0.2) is 0 Å². The van der Waals surface area contributed by atoms with E-state index in [9.17, 15) is 4.39 Å². The van der Waals surface area contributed by atoms with Crippen molar-refractivity contribution in [1.29, 1.82) is 5.41 Å². The van der Waals surface area contributed by atoms with E-state index in [2.05, 4.69) is 12.6 Å². The average Bonchev–Trinajstić information content (AvgIpc) is 2.03. The van der Waals surface area contributed by atoms with Crippen molar-refractivity contribution < 1.29 is 4.39 Å². The van der Waals surface area contributed by atoms with E-state index >= 15 is 0 Å². The van der Waals surface area contributed by atoms with Gasteiger partial charge in [0.05, 0.1) is 0 Å². The molecule has 0 fully saturated rings. The van der Waals surface area contributed by atoms with E-state index in [0.717, 1.165) is 11.8 Å². The zero-order valence-electron chi connectivity index (χ0n) is 6.71. The summed E-state index contributed by atoms with van der Waals surface area (Å²) in [5, 5.41) is 6.98. The van der Waals surface area contributed by atoms with Gasteiger partial charge in [0, 0.05) is 17.0 Å². The summed E-state index contributed by atoms with van der Waals surface area (Å²) in [6.45, 7) is 1.85. The second kappa shape index (κ2) is 3.72. The van der Waals surface area contributed by atoms with E-state index in [-0.39, 0.29) is 11.1 Å². The molecule has 12 heavy (non-hydrogen) atoms. The van der Waals surface area contributed by atoms with Crippen LogP contribution in [0.3, 0.4) is 0 Å². The van der Waals surface area contributed by atoms with E-state index < -0.39 is 0 Å². The van der Waals surface area contributed by atoms with Crippen molar-refractivity contribution in [2.45, 2.75) is 12.2 Å². The number of benzene rings is 1. The lowest BCUT2D eigenvalue weighted by molar-refractivity contribution is 0.623. The molecule has 0 saturated heterocycles. The zero-order chi connectivity index (χ0) is 9.14. The second-order valence-electron chi connectivity index (χ2n) is 2.56. The molecule has 64 valence electrons. The van der Waals surface area contributed by atoms with Crippen LogP contribution in [0.1, 0.15) is 23.3 Å². The first kappa shape index (κ1) is 9.26. The van der Waals surface area contributed by atoms with E-state index in [4.69, 9.17) is 5.41 Å². The Hall–Kier alpha value is -0.830. The number of hydrogen-bond acceptors (Lipinski definition) is 2. The molecule has 0 amide bonds. The first-order valence-electron chi connectivity index (χ1n) is 3.63. The molecule has 0 aliphatic heterocycles. The third kappa shape index (κ3) is 1.67. The van der Waals surface area contributed by atoms with Gasteiger partial charge in [0.2, 0.25) is 0 Å². The fraction of sp³-hybridized carbons (Fsp3) is 0.222. The second-order valence-corrected chi connectivity index (χ2v) is 3.34. The Morgan fingerprint density at radius 3 is 2.67 bits per heavy atom. The third-order valence-corrected chi connectivity index (χ3v) is 1.96. The largest absolute Gasteiger partial charge is 0.308 e. The minimum Gasteiger partial charge on any atom is -0.308 e. The van der Waals surface area contributed by atoms with Crippen LogP contribution in [0, 0.1) is 11.2 Å². The van der Waals surface area contributed by atoms with E-state index in [1.807, 2.05) is 6.92 Å². The monoisotopic (exact) mass is 183 g/mol. The Kier molecular flexibility index (Phi) is 2.87. The van der Waals surface area contributed by atoms with Crippen molar-refractivity contribution in [3.63, 3.8) is 0 Å².